The SMILES string of the molecule is CC(C)CC(NC(=O)C=CC(=O)NCC1CCCCC1)B(O)O. The van der Waals surface area contributed by atoms with Crippen molar-refractivity contribution in [2.45, 2.75) is 58.3 Å². The maximum atomic E-state index is 11.7. The van der Waals surface area contributed by atoms with Gasteiger partial charge in [-0.2, -0.15) is 0 Å². The molecule has 0 saturated heterocycles. The average molecular weight is 324 g/mol. The lowest BCUT2D eigenvalue weighted by molar-refractivity contribution is -0.119. The minimum atomic E-state index is -1.62. The summed E-state index contributed by atoms with van der Waals surface area (Å²) < 4.78 is 0. The third-order valence-electron chi connectivity index (χ3n) is 4.09. The molecule has 1 unspecified atom stereocenters. The molecule has 7 heteroatoms. The van der Waals surface area contributed by atoms with E-state index in [0.29, 0.717) is 18.9 Å². The molecule has 6 nitrogen and oxygen atoms in total. The summed E-state index contributed by atoms with van der Waals surface area (Å²) in [6, 6.07) is 0. The largest absolute Gasteiger partial charge is 0.475 e. The summed E-state index contributed by atoms with van der Waals surface area (Å²) in [5.41, 5.74) is 0. The number of rotatable bonds is 8. The van der Waals surface area contributed by atoms with Crippen molar-refractivity contribution in [2.24, 2.45) is 11.8 Å². The highest BCUT2D eigenvalue weighted by atomic mass is 16.4. The molecular formula is C16H29BN2O4. The Labute approximate surface area is 138 Å². The van der Waals surface area contributed by atoms with Crippen LogP contribution in [-0.2, 0) is 9.59 Å². The van der Waals surface area contributed by atoms with Gasteiger partial charge in [0.05, 0.1) is 5.94 Å². The van der Waals surface area contributed by atoms with E-state index in [2.05, 4.69) is 10.6 Å². The Kier molecular flexibility index (Phi) is 8.95. The van der Waals surface area contributed by atoms with Gasteiger partial charge in [0, 0.05) is 18.7 Å². The molecule has 0 aromatic carbocycles. The van der Waals surface area contributed by atoms with E-state index in [9.17, 15) is 19.6 Å². The van der Waals surface area contributed by atoms with Gasteiger partial charge >= 0.3 is 7.12 Å². The van der Waals surface area contributed by atoms with E-state index >= 15 is 0 Å². The molecule has 0 bridgehead atoms. The van der Waals surface area contributed by atoms with E-state index in [1.807, 2.05) is 13.8 Å². The number of amides is 2. The number of hydrogen-bond acceptors (Lipinski definition) is 4. The minimum Gasteiger partial charge on any atom is -0.426 e. The van der Waals surface area contributed by atoms with Gasteiger partial charge in [-0.1, -0.05) is 33.1 Å². The van der Waals surface area contributed by atoms with Gasteiger partial charge in [0.1, 0.15) is 0 Å². The third kappa shape index (κ3) is 8.76. The summed E-state index contributed by atoms with van der Waals surface area (Å²) in [6.07, 6.45) is 8.79. The van der Waals surface area contributed by atoms with E-state index < -0.39 is 19.0 Å². The van der Waals surface area contributed by atoms with Gasteiger partial charge < -0.3 is 20.7 Å². The summed E-state index contributed by atoms with van der Waals surface area (Å²) in [5, 5.41) is 23.8. The summed E-state index contributed by atoms with van der Waals surface area (Å²) >= 11 is 0. The van der Waals surface area contributed by atoms with Crippen molar-refractivity contribution in [3.8, 4) is 0 Å². The van der Waals surface area contributed by atoms with Crippen LogP contribution in [0.5, 0.6) is 0 Å². The molecule has 1 aliphatic rings. The molecule has 1 atom stereocenters. The molecule has 1 rings (SSSR count). The number of carbonyl (C=O) groups is 2. The molecule has 0 spiro atoms. The molecule has 0 heterocycles. The van der Waals surface area contributed by atoms with E-state index in [-0.39, 0.29) is 11.8 Å². The third-order valence-corrected chi connectivity index (χ3v) is 4.09. The Bertz CT molecular complexity index is 407. The van der Waals surface area contributed by atoms with E-state index in [1.165, 1.54) is 25.3 Å². The maximum Gasteiger partial charge on any atom is 0.475 e. The van der Waals surface area contributed by atoms with Crippen LogP contribution in [0, 0.1) is 11.8 Å². The van der Waals surface area contributed by atoms with Gasteiger partial charge in [0.2, 0.25) is 11.8 Å². The Balaban J connectivity index is 2.33. The lowest BCUT2D eigenvalue weighted by Crippen LogP contribution is -2.46. The molecule has 130 valence electrons. The van der Waals surface area contributed by atoms with E-state index in [0.717, 1.165) is 18.9 Å². The molecule has 1 aliphatic carbocycles. The highest BCUT2D eigenvalue weighted by molar-refractivity contribution is 6.43. The molecule has 2 amide bonds. The van der Waals surface area contributed by atoms with Crippen LogP contribution in [-0.4, -0.2) is 41.5 Å². The summed E-state index contributed by atoms with van der Waals surface area (Å²) in [5.74, 6) is -0.788. The Morgan fingerprint density at radius 1 is 1.13 bits per heavy atom. The topological polar surface area (TPSA) is 98.7 Å². The van der Waals surface area contributed by atoms with Crippen molar-refractivity contribution in [3.05, 3.63) is 12.2 Å². The van der Waals surface area contributed by atoms with Gasteiger partial charge in [-0.25, -0.2) is 0 Å². The predicted molar refractivity (Wildman–Crippen MR) is 90.3 cm³/mol. The first-order chi connectivity index (χ1) is 10.9. The smallest absolute Gasteiger partial charge is 0.426 e. The molecule has 0 aromatic rings. The molecule has 0 radical (unpaired) electrons. The maximum absolute atomic E-state index is 11.7. The van der Waals surface area contributed by atoms with Crippen LogP contribution < -0.4 is 10.6 Å². The highest BCUT2D eigenvalue weighted by Gasteiger charge is 2.25. The van der Waals surface area contributed by atoms with Gasteiger partial charge in [-0.05, 0) is 31.1 Å². The van der Waals surface area contributed by atoms with Crippen molar-refractivity contribution < 1.29 is 19.6 Å². The second kappa shape index (κ2) is 10.4. The fourth-order valence-electron chi connectivity index (χ4n) is 2.84. The van der Waals surface area contributed by atoms with Crippen molar-refractivity contribution in [3.63, 3.8) is 0 Å². The van der Waals surface area contributed by atoms with E-state index in [4.69, 9.17) is 0 Å². The van der Waals surface area contributed by atoms with Crippen LogP contribution in [0.2, 0.25) is 0 Å². The lowest BCUT2D eigenvalue weighted by atomic mass is 9.75. The lowest BCUT2D eigenvalue weighted by Gasteiger charge is -2.21. The van der Waals surface area contributed by atoms with Crippen LogP contribution >= 0.6 is 0 Å². The van der Waals surface area contributed by atoms with Crippen LogP contribution in [0.3, 0.4) is 0 Å². The van der Waals surface area contributed by atoms with Crippen molar-refractivity contribution in [2.75, 3.05) is 6.54 Å². The number of hydrogen-bond donors (Lipinski definition) is 4. The zero-order valence-electron chi connectivity index (χ0n) is 14.1. The average Bonchev–Trinajstić information content (AvgIpc) is 2.50. The van der Waals surface area contributed by atoms with E-state index in [1.54, 1.807) is 0 Å². The second-order valence-electron chi connectivity index (χ2n) is 6.74. The number of carbonyl (C=O) groups excluding carboxylic acids is 2. The van der Waals surface area contributed by atoms with Crippen LogP contribution in [0.1, 0.15) is 52.4 Å². The number of nitrogens with one attached hydrogen (secondary N) is 2. The molecule has 23 heavy (non-hydrogen) atoms. The second-order valence-corrected chi connectivity index (χ2v) is 6.74. The van der Waals surface area contributed by atoms with Crippen LogP contribution in [0.25, 0.3) is 0 Å². The Morgan fingerprint density at radius 2 is 1.74 bits per heavy atom. The molecule has 1 saturated carbocycles. The first kappa shape index (κ1) is 19.7. The predicted octanol–water partition coefficient (Wildman–Crippen LogP) is 0.782. The van der Waals surface area contributed by atoms with Crippen molar-refractivity contribution in [1.82, 2.24) is 10.6 Å². The van der Waals surface area contributed by atoms with Crippen molar-refractivity contribution >= 4 is 18.9 Å². The molecule has 1 fully saturated rings. The Morgan fingerprint density at radius 3 is 2.30 bits per heavy atom. The summed E-state index contributed by atoms with van der Waals surface area (Å²) in [6.45, 7) is 4.50. The quantitative estimate of drug-likeness (QED) is 0.392. The zero-order valence-corrected chi connectivity index (χ0v) is 14.1. The highest BCUT2D eigenvalue weighted by Crippen LogP contribution is 2.22. The first-order valence-electron chi connectivity index (χ1n) is 8.51. The molecular weight excluding hydrogens is 295 g/mol. The Hall–Kier alpha value is -1.34. The monoisotopic (exact) mass is 324 g/mol. The first-order valence-corrected chi connectivity index (χ1v) is 8.51. The summed E-state index contributed by atoms with van der Waals surface area (Å²) in [4.78, 5) is 23.5. The molecule has 4 N–H and O–H groups in total. The van der Waals surface area contributed by atoms with Gasteiger partial charge in [0.15, 0.2) is 0 Å². The van der Waals surface area contributed by atoms with Gasteiger partial charge in [-0.15, -0.1) is 0 Å². The molecule has 0 aromatic heterocycles. The summed E-state index contributed by atoms with van der Waals surface area (Å²) in [7, 11) is -1.62. The van der Waals surface area contributed by atoms with Crippen LogP contribution in [0.4, 0.5) is 0 Å². The fraction of sp³-hybridized carbons (Fsp3) is 0.750. The normalized spacial score (nSPS) is 17.3. The fourth-order valence-corrected chi connectivity index (χ4v) is 2.84. The van der Waals surface area contributed by atoms with Crippen molar-refractivity contribution in [1.29, 1.82) is 0 Å². The minimum absolute atomic E-state index is 0.213. The zero-order chi connectivity index (χ0) is 17.2. The molecule has 0 aliphatic heterocycles. The standard InChI is InChI=1S/C16H29BN2O4/c1-12(2)10-14(17(22)23)19-16(21)9-8-15(20)18-11-13-6-4-3-5-7-13/h8-9,12-14,22-23H,3-7,10-11H2,1-2H3,(H,18,20)(H,19,21). The van der Waals surface area contributed by atoms with Gasteiger partial charge in [0.25, 0.3) is 0 Å². The van der Waals surface area contributed by atoms with Gasteiger partial charge in [-0.3, -0.25) is 9.59 Å². The van der Waals surface area contributed by atoms with Crippen LogP contribution in [0.15, 0.2) is 12.2 Å².